The first-order chi connectivity index (χ1) is 5.72. The van der Waals surface area contributed by atoms with Crippen molar-refractivity contribution in [1.29, 1.82) is 0 Å². The zero-order valence-corrected chi connectivity index (χ0v) is 8.11. The summed E-state index contributed by atoms with van der Waals surface area (Å²) in [6.45, 7) is 1.97. The highest BCUT2D eigenvalue weighted by Crippen LogP contribution is 2.19. The fourth-order valence-corrected chi connectivity index (χ4v) is 1.98. The van der Waals surface area contributed by atoms with Gasteiger partial charge in [0.05, 0.1) is 5.75 Å². The normalized spacial score (nSPS) is 10.1. The van der Waals surface area contributed by atoms with Gasteiger partial charge in [0.15, 0.2) is 4.34 Å². The average molecular weight is 204 g/mol. The summed E-state index contributed by atoms with van der Waals surface area (Å²) in [4.78, 5) is 14.3. The van der Waals surface area contributed by atoms with E-state index in [1.165, 1.54) is 23.3 Å². The lowest BCUT2D eigenvalue weighted by molar-refractivity contribution is -0.133. The molecule has 0 radical (unpaired) electrons. The molecule has 0 aromatic carbocycles. The SMILES string of the molecule is CCc1nsc(SCC(=O)O)n1. The molecule has 1 N–H and O–H groups in total. The van der Waals surface area contributed by atoms with Crippen molar-refractivity contribution < 1.29 is 9.90 Å². The summed E-state index contributed by atoms with van der Waals surface area (Å²) >= 11 is 2.46. The van der Waals surface area contributed by atoms with E-state index in [-0.39, 0.29) is 5.75 Å². The fraction of sp³-hybridized carbons (Fsp3) is 0.500. The lowest BCUT2D eigenvalue weighted by Gasteiger charge is -1.88. The monoisotopic (exact) mass is 204 g/mol. The van der Waals surface area contributed by atoms with Crippen molar-refractivity contribution in [2.45, 2.75) is 17.7 Å². The van der Waals surface area contributed by atoms with Crippen molar-refractivity contribution in [2.24, 2.45) is 0 Å². The van der Waals surface area contributed by atoms with Crippen LogP contribution in [0.2, 0.25) is 0 Å². The number of aliphatic carboxylic acids is 1. The number of aryl methyl sites for hydroxylation is 1. The molecular formula is C6H8N2O2S2. The highest BCUT2D eigenvalue weighted by atomic mass is 32.2. The van der Waals surface area contributed by atoms with Crippen LogP contribution >= 0.6 is 23.3 Å². The van der Waals surface area contributed by atoms with Crippen LogP contribution < -0.4 is 0 Å². The molecule has 12 heavy (non-hydrogen) atoms. The van der Waals surface area contributed by atoms with Gasteiger partial charge in [-0.15, -0.1) is 0 Å². The number of carboxylic acid groups (broad SMARTS) is 1. The number of rotatable bonds is 4. The van der Waals surface area contributed by atoms with Gasteiger partial charge in [-0.1, -0.05) is 18.7 Å². The maximum Gasteiger partial charge on any atom is 0.313 e. The Hall–Kier alpha value is -0.620. The zero-order valence-electron chi connectivity index (χ0n) is 6.48. The van der Waals surface area contributed by atoms with Gasteiger partial charge in [0.2, 0.25) is 0 Å². The molecule has 0 unspecified atom stereocenters. The third kappa shape index (κ3) is 2.78. The van der Waals surface area contributed by atoms with Crippen LogP contribution in [0.4, 0.5) is 0 Å². The Balaban J connectivity index is 2.47. The number of aromatic nitrogens is 2. The number of hydrogen-bond acceptors (Lipinski definition) is 5. The largest absolute Gasteiger partial charge is 0.481 e. The van der Waals surface area contributed by atoms with Crippen molar-refractivity contribution in [2.75, 3.05) is 5.75 Å². The highest BCUT2D eigenvalue weighted by molar-refractivity contribution is 8.01. The Labute approximate surface area is 78.2 Å². The molecule has 0 saturated heterocycles. The number of carboxylic acids is 1. The first-order valence-electron chi connectivity index (χ1n) is 3.39. The van der Waals surface area contributed by atoms with Gasteiger partial charge in [-0.05, 0) is 11.5 Å². The molecule has 66 valence electrons. The predicted molar refractivity (Wildman–Crippen MR) is 47.6 cm³/mol. The lowest BCUT2D eigenvalue weighted by atomic mass is 10.5. The lowest BCUT2D eigenvalue weighted by Crippen LogP contribution is -1.97. The Kier molecular flexibility index (Phi) is 3.48. The van der Waals surface area contributed by atoms with Crippen LogP contribution in [0, 0.1) is 0 Å². The molecule has 0 atom stereocenters. The van der Waals surface area contributed by atoms with Crippen LogP contribution in [0.5, 0.6) is 0 Å². The van der Waals surface area contributed by atoms with Crippen LogP contribution in [0.15, 0.2) is 4.34 Å². The first kappa shape index (κ1) is 9.47. The minimum Gasteiger partial charge on any atom is -0.481 e. The summed E-state index contributed by atoms with van der Waals surface area (Å²) in [6.07, 6.45) is 0.796. The molecule has 0 amide bonds. The van der Waals surface area contributed by atoms with Crippen LogP contribution in [0.3, 0.4) is 0 Å². The molecule has 0 aliphatic carbocycles. The zero-order chi connectivity index (χ0) is 8.97. The van der Waals surface area contributed by atoms with Gasteiger partial charge in [0, 0.05) is 6.42 Å². The van der Waals surface area contributed by atoms with Crippen molar-refractivity contribution in [3.05, 3.63) is 5.82 Å². The van der Waals surface area contributed by atoms with Gasteiger partial charge in [0.1, 0.15) is 5.82 Å². The summed E-state index contributed by atoms with van der Waals surface area (Å²) < 4.78 is 4.76. The second kappa shape index (κ2) is 4.42. The second-order valence-corrected chi connectivity index (χ2v) is 3.99. The molecule has 0 aliphatic rings. The smallest absolute Gasteiger partial charge is 0.313 e. The predicted octanol–water partition coefficient (Wildman–Crippen LogP) is 1.28. The van der Waals surface area contributed by atoms with Gasteiger partial charge in [-0.3, -0.25) is 4.79 Å². The van der Waals surface area contributed by atoms with Gasteiger partial charge in [0.25, 0.3) is 0 Å². The first-order valence-corrected chi connectivity index (χ1v) is 5.15. The summed E-state index contributed by atoms with van der Waals surface area (Å²) in [6, 6.07) is 0. The number of thioether (sulfide) groups is 1. The van der Waals surface area contributed by atoms with E-state index >= 15 is 0 Å². The highest BCUT2D eigenvalue weighted by Gasteiger charge is 2.04. The van der Waals surface area contributed by atoms with Crippen molar-refractivity contribution in [1.82, 2.24) is 9.36 Å². The van der Waals surface area contributed by atoms with Gasteiger partial charge < -0.3 is 5.11 Å². The van der Waals surface area contributed by atoms with E-state index in [9.17, 15) is 4.79 Å². The summed E-state index contributed by atoms with van der Waals surface area (Å²) in [7, 11) is 0. The second-order valence-electron chi connectivity index (χ2n) is 2.01. The van der Waals surface area contributed by atoms with Crippen molar-refractivity contribution in [3.63, 3.8) is 0 Å². The van der Waals surface area contributed by atoms with Gasteiger partial charge >= 0.3 is 5.97 Å². The van der Waals surface area contributed by atoms with E-state index in [1.807, 2.05) is 6.92 Å². The Morgan fingerprint density at radius 2 is 2.50 bits per heavy atom. The molecule has 1 aromatic rings. The van der Waals surface area contributed by atoms with Gasteiger partial charge in [-0.25, -0.2) is 4.98 Å². The summed E-state index contributed by atoms with van der Waals surface area (Å²) in [5, 5.41) is 8.37. The third-order valence-electron chi connectivity index (χ3n) is 1.08. The van der Waals surface area contributed by atoms with Crippen LogP contribution in [0.25, 0.3) is 0 Å². The molecule has 0 aliphatic heterocycles. The van der Waals surface area contributed by atoms with E-state index in [0.29, 0.717) is 0 Å². The molecule has 1 aromatic heterocycles. The van der Waals surface area contributed by atoms with E-state index < -0.39 is 5.97 Å². The third-order valence-corrected chi connectivity index (χ3v) is 2.94. The summed E-state index contributed by atoms with van der Waals surface area (Å²) in [5.41, 5.74) is 0. The maximum absolute atomic E-state index is 10.2. The molecule has 1 rings (SSSR count). The minimum atomic E-state index is -0.826. The fourth-order valence-electron chi connectivity index (χ4n) is 0.564. The Bertz CT molecular complexity index is 274. The quantitative estimate of drug-likeness (QED) is 0.748. The van der Waals surface area contributed by atoms with Crippen LogP contribution in [0.1, 0.15) is 12.7 Å². The van der Waals surface area contributed by atoms with Crippen LogP contribution in [-0.2, 0) is 11.2 Å². The van der Waals surface area contributed by atoms with Crippen LogP contribution in [-0.4, -0.2) is 26.2 Å². The number of carbonyl (C=O) groups is 1. The maximum atomic E-state index is 10.2. The Morgan fingerprint density at radius 3 is 3.00 bits per heavy atom. The van der Waals surface area contributed by atoms with Crippen molar-refractivity contribution in [3.8, 4) is 0 Å². The molecule has 4 nitrogen and oxygen atoms in total. The number of nitrogens with zero attached hydrogens (tertiary/aromatic N) is 2. The molecule has 0 bridgehead atoms. The average Bonchev–Trinajstić information content (AvgIpc) is 2.48. The van der Waals surface area contributed by atoms with E-state index in [2.05, 4.69) is 9.36 Å². The van der Waals surface area contributed by atoms with Crippen molar-refractivity contribution >= 4 is 29.3 Å². The number of hydrogen-bond donors (Lipinski definition) is 1. The Morgan fingerprint density at radius 1 is 1.75 bits per heavy atom. The molecule has 6 heteroatoms. The topological polar surface area (TPSA) is 63.1 Å². The molecule has 0 spiro atoms. The molecule has 0 fully saturated rings. The van der Waals surface area contributed by atoms with Gasteiger partial charge in [-0.2, -0.15) is 4.37 Å². The molecular weight excluding hydrogens is 196 g/mol. The van der Waals surface area contributed by atoms with E-state index in [1.54, 1.807) is 0 Å². The van der Waals surface area contributed by atoms with E-state index in [4.69, 9.17) is 5.11 Å². The molecule has 1 heterocycles. The standard InChI is InChI=1S/C6H8N2O2S2/c1-2-4-7-6(12-8-4)11-3-5(9)10/h2-3H2,1H3,(H,9,10). The summed E-state index contributed by atoms with van der Waals surface area (Å²) in [5.74, 6) is 0.0133. The molecule has 0 saturated carbocycles. The van der Waals surface area contributed by atoms with E-state index in [0.717, 1.165) is 16.6 Å². The minimum absolute atomic E-state index is 0.0539.